The lowest BCUT2D eigenvalue weighted by Crippen LogP contribution is -2.44. The molecule has 0 radical (unpaired) electrons. The van der Waals surface area contributed by atoms with Gasteiger partial charge in [0.15, 0.2) is 0 Å². The molecule has 0 unspecified atom stereocenters. The number of likely N-dealkylation sites (tertiary alicyclic amines) is 1. The van der Waals surface area contributed by atoms with E-state index in [9.17, 15) is 5.26 Å². The van der Waals surface area contributed by atoms with Crippen LogP contribution in [0, 0.1) is 16.7 Å². The predicted octanol–water partition coefficient (Wildman–Crippen LogP) is 4.74. The number of nitrogens with zero attached hydrogens (tertiary/aromatic N) is 7. The van der Waals surface area contributed by atoms with Crippen molar-refractivity contribution in [2.24, 2.45) is 5.41 Å². The summed E-state index contributed by atoms with van der Waals surface area (Å²) in [5.74, 6) is 1.80. The third-order valence-electron chi connectivity index (χ3n) is 8.24. The number of benzene rings is 1. The molecule has 8 heteroatoms. The van der Waals surface area contributed by atoms with Gasteiger partial charge in [0, 0.05) is 63.1 Å². The van der Waals surface area contributed by atoms with E-state index in [1.165, 1.54) is 37.4 Å². The number of ether oxygens (including phenoxy) is 1. The number of aromatic nitrogens is 3. The zero-order valence-corrected chi connectivity index (χ0v) is 24.8. The molecule has 2 fully saturated rings. The molecule has 214 valence electrons. The zero-order valence-electron chi connectivity index (χ0n) is 24.8. The number of piperidine rings is 1. The van der Waals surface area contributed by atoms with Crippen LogP contribution in [-0.4, -0.2) is 88.7 Å². The van der Waals surface area contributed by atoms with Crippen molar-refractivity contribution >= 4 is 11.0 Å². The van der Waals surface area contributed by atoms with Gasteiger partial charge in [0.1, 0.15) is 17.5 Å². The summed E-state index contributed by atoms with van der Waals surface area (Å²) in [6.07, 6.45) is 5.15. The molecule has 0 atom stereocenters. The zero-order chi connectivity index (χ0) is 28.1. The first kappa shape index (κ1) is 28.5. The molecule has 0 amide bonds. The van der Waals surface area contributed by atoms with E-state index in [-0.39, 0.29) is 11.2 Å². The Bertz CT molecular complexity index is 1310. The summed E-state index contributed by atoms with van der Waals surface area (Å²) in [5.41, 5.74) is 3.62. The van der Waals surface area contributed by atoms with Crippen LogP contribution in [0.2, 0.25) is 0 Å². The van der Waals surface area contributed by atoms with E-state index < -0.39 is 0 Å². The summed E-state index contributed by atoms with van der Waals surface area (Å²) in [7, 11) is 2.20. The van der Waals surface area contributed by atoms with E-state index in [2.05, 4.69) is 93.5 Å². The van der Waals surface area contributed by atoms with Crippen LogP contribution < -0.4 is 4.74 Å². The second-order valence-electron chi connectivity index (χ2n) is 12.8. The van der Waals surface area contributed by atoms with Crippen molar-refractivity contribution in [2.75, 3.05) is 59.5 Å². The average Bonchev–Trinajstić information content (AvgIpc) is 3.27. The Kier molecular flexibility index (Phi) is 9.04. The lowest BCUT2D eigenvalue weighted by molar-refractivity contribution is 0.145. The van der Waals surface area contributed by atoms with Gasteiger partial charge in [0.2, 0.25) is 5.82 Å². The van der Waals surface area contributed by atoms with Crippen molar-refractivity contribution in [3.8, 4) is 11.8 Å². The second kappa shape index (κ2) is 12.7. The van der Waals surface area contributed by atoms with E-state index in [1.807, 2.05) is 0 Å². The molecular formula is C32H45N7O. The topological polar surface area (TPSA) is 73.5 Å². The molecule has 0 aliphatic carbocycles. The van der Waals surface area contributed by atoms with Crippen molar-refractivity contribution in [1.29, 1.82) is 5.26 Å². The molecule has 0 spiro atoms. The lowest BCUT2D eigenvalue weighted by atomic mass is 9.89. The summed E-state index contributed by atoms with van der Waals surface area (Å²) in [5, 5.41) is 10.3. The number of rotatable bonds is 9. The van der Waals surface area contributed by atoms with Gasteiger partial charge in [-0.05, 0) is 74.5 Å². The van der Waals surface area contributed by atoms with E-state index in [0.717, 1.165) is 75.4 Å². The molecule has 3 aromatic rings. The summed E-state index contributed by atoms with van der Waals surface area (Å²) >= 11 is 0. The summed E-state index contributed by atoms with van der Waals surface area (Å²) in [6.45, 7) is 17.1. The van der Waals surface area contributed by atoms with Crippen LogP contribution in [0.25, 0.3) is 11.0 Å². The number of nitriles is 1. The molecule has 2 aromatic heterocycles. The highest BCUT2D eigenvalue weighted by atomic mass is 16.5. The van der Waals surface area contributed by atoms with Crippen LogP contribution in [0.1, 0.15) is 63.0 Å². The highest BCUT2D eigenvalue weighted by molar-refractivity contribution is 5.77. The number of hydrogen-bond acceptors (Lipinski definition) is 7. The summed E-state index contributed by atoms with van der Waals surface area (Å²) in [4.78, 5) is 16.3. The van der Waals surface area contributed by atoms with Gasteiger partial charge in [-0.3, -0.25) is 4.90 Å². The smallest absolute Gasteiger partial charge is 0.234 e. The molecular weight excluding hydrogens is 498 g/mol. The van der Waals surface area contributed by atoms with Crippen molar-refractivity contribution < 1.29 is 4.74 Å². The minimum absolute atomic E-state index is 0.100. The maximum absolute atomic E-state index is 9.33. The second-order valence-corrected chi connectivity index (χ2v) is 12.8. The fraction of sp³-hybridized carbons (Fsp3) is 0.594. The Hall–Kier alpha value is -2.99. The highest BCUT2D eigenvalue weighted by Crippen LogP contribution is 2.32. The maximum atomic E-state index is 9.33. The van der Waals surface area contributed by atoms with E-state index in [1.54, 1.807) is 6.20 Å². The Morgan fingerprint density at radius 3 is 2.52 bits per heavy atom. The Morgan fingerprint density at radius 1 is 1.02 bits per heavy atom. The Labute approximate surface area is 239 Å². The van der Waals surface area contributed by atoms with Crippen molar-refractivity contribution in [1.82, 2.24) is 29.2 Å². The van der Waals surface area contributed by atoms with E-state index in [4.69, 9.17) is 4.74 Å². The first-order chi connectivity index (χ1) is 19.3. The van der Waals surface area contributed by atoms with Crippen LogP contribution in [-0.2, 0) is 13.1 Å². The SMILES string of the molecule is CN1CCN(CCCOc2cccc(C3CCN(Cc4cc5cnc(C#N)nc5n4CC(C)(C)C)CC3)c2)CC1. The molecule has 0 bridgehead atoms. The largest absolute Gasteiger partial charge is 0.494 e. The Balaban J connectivity index is 1.15. The molecule has 1 aromatic carbocycles. The van der Waals surface area contributed by atoms with E-state index in [0.29, 0.717) is 5.92 Å². The standard InChI is InChI=1S/C32H45N7O/c1-32(2,3)24-39-28(19-27-22-34-30(21-33)35-31(27)39)23-38-12-9-25(10-13-38)26-7-5-8-29(20-26)40-18-6-11-37-16-14-36(4)15-17-37/h5,7-8,19-20,22,25H,6,9-18,23-24H2,1-4H3. The first-order valence-corrected chi connectivity index (χ1v) is 14.9. The molecule has 0 saturated carbocycles. The third-order valence-corrected chi connectivity index (χ3v) is 8.24. The summed E-state index contributed by atoms with van der Waals surface area (Å²) < 4.78 is 8.47. The fourth-order valence-corrected chi connectivity index (χ4v) is 5.99. The molecule has 2 aliphatic rings. The molecule has 2 aliphatic heterocycles. The molecule has 40 heavy (non-hydrogen) atoms. The van der Waals surface area contributed by atoms with E-state index >= 15 is 0 Å². The third kappa shape index (κ3) is 7.39. The van der Waals surface area contributed by atoms with Gasteiger partial charge >= 0.3 is 0 Å². The van der Waals surface area contributed by atoms with Crippen LogP contribution >= 0.6 is 0 Å². The highest BCUT2D eigenvalue weighted by Gasteiger charge is 2.24. The minimum Gasteiger partial charge on any atom is -0.494 e. The lowest BCUT2D eigenvalue weighted by Gasteiger charge is -2.33. The van der Waals surface area contributed by atoms with Crippen molar-refractivity contribution in [3.05, 3.63) is 53.6 Å². The monoisotopic (exact) mass is 543 g/mol. The van der Waals surface area contributed by atoms with Crippen LogP contribution in [0.15, 0.2) is 36.5 Å². The van der Waals surface area contributed by atoms with Crippen LogP contribution in [0.5, 0.6) is 5.75 Å². The molecule has 0 N–H and O–H groups in total. The number of piperazine rings is 1. The molecule has 8 nitrogen and oxygen atoms in total. The fourth-order valence-electron chi connectivity index (χ4n) is 5.99. The van der Waals surface area contributed by atoms with Crippen molar-refractivity contribution in [2.45, 2.75) is 59.0 Å². The minimum atomic E-state index is 0.100. The molecule has 5 rings (SSSR count). The number of likely N-dealkylation sites (N-methyl/N-ethyl adjacent to an activating group) is 1. The van der Waals surface area contributed by atoms with Crippen LogP contribution in [0.4, 0.5) is 0 Å². The predicted molar refractivity (Wildman–Crippen MR) is 159 cm³/mol. The Morgan fingerprint density at radius 2 is 1.80 bits per heavy atom. The quantitative estimate of drug-likeness (QED) is 0.361. The maximum Gasteiger partial charge on any atom is 0.234 e. The van der Waals surface area contributed by atoms with Gasteiger partial charge in [-0.15, -0.1) is 0 Å². The van der Waals surface area contributed by atoms with Gasteiger partial charge in [-0.2, -0.15) is 5.26 Å². The van der Waals surface area contributed by atoms with Gasteiger partial charge in [0.25, 0.3) is 0 Å². The van der Waals surface area contributed by atoms with Gasteiger partial charge in [0.05, 0.1) is 6.61 Å². The van der Waals surface area contributed by atoms with Gasteiger partial charge in [-0.1, -0.05) is 32.9 Å². The molecule has 4 heterocycles. The average molecular weight is 544 g/mol. The van der Waals surface area contributed by atoms with Gasteiger partial charge < -0.3 is 19.1 Å². The normalized spacial score (nSPS) is 18.3. The van der Waals surface area contributed by atoms with Crippen LogP contribution in [0.3, 0.4) is 0 Å². The van der Waals surface area contributed by atoms with Gasteiger partial charge in [-0.25, -0.2) is 9.97 Å². The number of fused-ring (bicyclic) bond motifs is 1. The van der Waals surface area contributed by atoms with Crippen molar-refractivity contribution in [3.63, 3.8) is 0 Å². The number of hydrogen-bond donors (Lipinski definition) is 0. The first-order valence-electron chi connectivity index (χ1n) is 14.9. The summed E-state index contributed by atoms with van der Waals surface area (Å²) in [6, 6.07) is 13.1. The molecule has 2 saturated heterocycles.